The van der Waals surface area contributed by atoms with Crippen LogP contribution in [0.3, 0.4) is 0 Å². The first-order valence-electron chi connectivity index (χ1n) is 5.12. The summed E-state index contributed by atoms with van der Waals surface area (Å²) in [5.74, 6) is -1.80. The number of hydrogen-bond donors (Lipinski definition) is 2. The molecule has 19 heavy (non-hydrogen) atoms. The van der Waals surface area contributed by atoms with Gasteiger partial charge in [0.15, 0.2) is 9.84 Å². The van der Waals surface area contributed by atoms with Gasteiger partial charge in [0, 0.05) is 11.9 Å². The summed E-state index contributed by atoms with van der Waals surface area (Å²) >= 11 is 0. The predicted molar refractivity (Wildman–Crippen MR) is 69.2 cm³/mol. The van der Waals surface area contributed by atoms with E-state index in [-0.39, 0.29) is 10.6 Å². The Bertz CT molecular complexity index is 678. The molecule has 1 aromatic rings. The fourth-order valence-electron chi connectivity index (χ4n) is 1.24. The van der Waals surface area contributed by atoms with E-state index >= 15 is 0 Å². The van der Waals surface area contributed by atoms with Crippen molar-refractivity contribution in [2.24, 2.45) is 0 Å². The lowest BCUT2D eigenvalue weighted by molar-refractivity contribution is -0.136. The van der Waals surface area contributed by atoms with Crippen LogP contribution < -0.4 is 4.72 Å². The van der Waals surface area contributed by atoms with Gasteiger partial charge < -0.3 is 5.11 Å². The topological polar surface area (TPSA) is 118 Å². The average molecular weight is 307 g/mol. The van der Waals surface area contributed by atoms with Crippen molar-refractivity contribution in [1.29, 1.82) is 0 Å². The third kappa shape index (κ3) is 5.26. The van der Waals surface area contributed by atoms with E-state index in [9.17, 15) is 21.6 Å². The second-order valence-corrected chi connectivity index (χ2v) is 7.72. The third-order valence-corrected chi connectivity index (χ3v) is 4.52. The van der Waals surface area contributed by atoms with Gasteiger partial charge in [-0.15, -0.1) is 0 Å². The minimum Gasteiger partial charge on any atom is -0.481 e. The molecule has 0 unspecified atom stereocenters. The van der Waals surface area contributed by atoms with Gasteiger partial charge >= 0.3 is 5.97 Å². The smallest absolute Gasteiger partial charge is 0.304 e. The molecule has 0 spiro atoms. The molecule has 1 aromatic carbocycles. The molecule has 2 N–H and O–H groups in total. The predicted octanol–water partition coefficient (Wildman–Crippen LogP) is 0.307. The maximum Gasteiger partial charge on any atom is 0.304 e. The van der Waals surface area contributed by atoms with Crippen LogP contribution in [0.1, 0.15) is 6.42 Å². The summed E-state index contributed by atoms with van der Waals surface area (Å²) in [6.07, 6.45) is 0.478. The van der Waals surface area contributed by atoms with Crippen LogP contribution in [-0.2, 0) is 24.7 Å². The van der Waals surface area contributed by atoms with Crippen LogP contribution >= 0.6 is 0 Å². The Kier molecular flexibility index (Phi) is 4.53. The first kappa shape index (κ1) is 15.4. The zero-order chi connectivity index (χ0) is 14.7. The van der Waals surface area contributed by atoms with Crippen molar-refractivity contribution in [1.82, 2.24) is 0 Å². The summed E-state index contributed by atoms with van der Waals surface area (Å²) in [6.45, 7) is 0. The minimum absolute atomic E-state index is 0.0223. The number of carbonyl (C=O) groups is 1. The monoisotopic (exact) mass is 307 g/mol. The molecular weight excluding hydrogens is 294 g/mol. The van der Waals surface area contributed by atoms with E-state index < -0.39 is 38.0 Å². The Hall–Kier alpha value is -1.61. The normalized spacial score (nSPS) is 12.1. The van der Waals surface area contributed by atoms with Crippen LogP contribution in [0.2, 0.25) is 0 Å². The molecule has 9 heteroatoms. The molecule has 1 rings (SSSR count). The standard InChI is InChI=1S/C10H13NO6S2/c1-18(14,15)9-4-2-3-8(7-9)11-19(16,17)6-5-10(12)13/h2-4,7,11H,5-6H2,1H3,(H,12,13). The lowest BCUT2D eigenvalue weighted by Crippen LogP contribution is -2.19. The number of nitrogens with one attached hydrogen (secondary N) is 1. The second kappa shape index (κ2) is 5.57. The van der Waals surface area contributed by atoms with Crippen LogP contribution in [0.5, 0.6) is 0 Å². The summed E-state index contributed by atoms with van der Waals surface area (Å²) in [5.41, 5.74) is 0.0771. The number of carboxylic acid groups (broad SMARTS) is 1. The quantitative estimate of drug-likeness (QED) is 0.780. The van der Waals surface area contributed by atoms with E-state index in [1.54, 1.807) is 0 Å². The molecule has 0 bridgehead atoms. The van der Waals surface area contributed by atoms with Gasteiger partial charge in [-0.2, -0.15) is 0 Å². The van der Waals surface area contributed by atoms with E-state index in [4.69, 9.17) is 5.11 Å². The van der Waals surface area contributed by atoms with Crippen LogP contribution in [-0.4, -0.2) is 39.9 Å². The van der Waals surface area contributed by atoms with Gasteiger partial charge in [-0.05, 0) is 18.2 Å². The van der Waals surface area contributed by atoms with Crippen LogP contribution in [0.15, 0.2) is 29.2 Å². The van der Waals surface area contributed by atoms with E-state index in [0.717, 1.165) is 6.26 Å². The number of aliphatic carboxylic acids is 1. The zero-order valence-electron chi connectivity index (χ0n) is 10.0. The fourth-order valence-corrected chi connectivity index (χ4v) is 2.94. The first-order valence-corrected chi connectivity index (χ1v) is 8.67. The van der Waals surface area contributed by atoms with Gasteiger partial charge in [0.05, 0.1) is 17.1 Å². The molecule has 0 aliphatic carbocycles. The Morgan fingerprint density at radius 3 is 2.42 bits per heavy atom. The average Bonchev–Trinajstić information content (AvgIpc) is 2.25. The number of sulfone groups is 1. The molecule has 0 fully saturated rings. The molecule has 0 aromatic heterocycles. The molecule has 0 radical (unpaired) electrons. The molecule has 0 amide bonds. The highest BCUT2D eigenvalue weighted by atomic mass is 32.2. The van der Waals surface area contributed by atoms with Crippen molar-refractivity contribution in [3.05, 3.63) is 24.3 Å². The third-order valence-electron chi connectivity index (χ3n) is 2.12. The summed E-state index contributed by atoms with van der Waals surface area (Å²) in [6, 6.07) is 5.29. The number of sulfonamides is 1. The van der Waals surface area contributed by atoms with Gasteiger partial charge in [-0.3, -0.25) is 9.52 Å². The van der Waals surface area contributed by atoms with E-state index in [1.165, 1.54) is 24.3 Å². The number of anilines is 1. The Morgan fingerprint density at radius 2 is 1.89 bits per heavy atom. The van der Waals surface area contributed by atoms with Crippen molar-refractivity contribution in [3.8, 4) is 0 Å². The highest BCUT2D eigenvalue weighted by molar-refractivity contribution is 7.92. The van der Waals surface area contributed by atoms with Crippen molar-refractivity contribution >= 4 is 31.5 Å². The summed E-state index contributed by atoms with van der Waals surface area (Å²) < 4.78 is 47.8. The van der Waals surface area contributed by atoms with Gasteiger partial charge in [0.25, 0.3) is 0 Å². The lowest BCUT2D eigenvalue weighted by atomic mass is 10.3. The molecule has 0 aliphatic heterocycles. The molecule has 0 saturated carbocycles. The number of benzene rings is 1. The van der Waals surface area contributed by atoms with E-state index in [2.05, 4.69) is 4.72 Å². The number of hydrogen-bond acceptors (Lipinski definition) is 5. The highest BCUT2D eigenvalue weighted by Crippen LogP contribution is 2.16. The van der Waals surface area contributed by atoms with Crippen LogP contribution in [0.4, 0.5) is 5.69 Å². The molecule has 0 heterocycles. The van der Waals surface area contributed by atoms with Crippen LogP contribution in [0.25, 0.3) is 0 Å². The lowest BCUT2D eigenvalue weighted by Gasteiger charge is -2.08. The molecule has 0 saturated heterocycles. The largest absolute Gasteiger partial charge is 0.481 e. The summed E-state index contributed by atoms with van der Waals surface area (Å²) in [7, 11) is -7.25. The van der Waals surface area contributed by atoms with Gasteiger partial charge in [-0.1, -0.05) is 6.07 Å². The van der Waals surface area contributed by atoms with E-state index in [0.29, 0.717) is 0 Å². The SMILES string of the molecule is CS(=O)(=O)c1cccc(NS(=O)(=O)CCC(=O)O)c1. The van der Waals surface area contributed by atoms with Gasteiger partial charge in [-0.25, -0.2) is 16.8 Å². The Labute approximate surface area is 111 Å². The van der Waals surface area contributed by atoms with Crippen molar-refractivity contribution in [2.75, 3.05) is 16.7 Å². The van der Waals surface area contributed by atoms with Gasteiger partial charge in [0.2, 0.25) is 10.0 Å². The molecule has 0 aliphatic rings. The Morgan fingerprint density at radius 1 is 1.26 bits per heavy atom. The zero-order valence-corrected chi connectivity index (χ0v) is 11.7. The second-order valence-electron chi connectivity index (χ2n) is 3.86. The Balaban J connectivity index is 2.91. The summed E-state index contributed by atoms with van der Waals surface area (Å²) in [4.78, 5) is 10.3. The number of carboxylic acids is 1. The minimum atomic E-state index is -3.82. The maximum atomic E-state index is 11.5. The maximum absolute atomic E-state index is 11.5. The van der Waals surface area contributed by atoms with Crippen molar-refractivity contribution < 1.29 is 26.7 Å². The molecular formula is C10H13NO6S2. The molecule has 0 atom stereocenters. The van der Waals surface area contributed by atoms with E-state index in [1.807, 2.05) is 0 Å². The van der Waals surface area contributed by atoms with Crippen molar-refractivity contribution in [3.63, 3.8) is 0 Å². The molecule has 106 valence electrons. The number of rotatable bonds is 6. The fraction of sp³-hybridized carbons (Fsp3) is 0.300. The van der Waals surface area contributed by atoms with Crippen molar-refractivity contribution in [2.45, 2.75) is 11.3 Å². The van der Waals surface area contributed by atoms with Gasteiger partial charge in [0.1, 0.15) is 0 Å². The first-order chi connectivity index (χ1) is 8.60. The summed E-state index contributed by atoms with van der Waals surface area (Å²) in [5, 5.41) is 8.42. The highest BCUT2D eigenvalue weighted by Gasteiger charge is 2.14. The molecule has 7 nitrogen and oxygen atoms in total. The van der Waals surface area contributed by atoms with Crippen LogP contribution in [0, 0.1) is 0 Å².